The van der Waals surface area contributed by atoms with E-state index in [-0.39, 0.29) is 11.8 Å². The van der Waals surface area contributed by atoms with E-state index in [0.717, 1.165) is 28.8 Å². The molecular formula is C19H22BrN5O2. The first-order valence-corrected chi connectivity index (χ1v) is 9.94. The fourth-order valence-corrected chi connectivity index (χ4v) is 4.04. The van der Waals surface area contributed by atoms with E-state index in [1.165, 1.54) is 5.56 Å². The molecule has 8 heteroatoms. The summed E-state index contributed by atoms with van der Waals surface area (Å²) in [6.07, 6.45) is 0.919. The number of anilines is 1. The van der Waals surface area contributed by atoms with E-state index in [1.807, 2.05) is 30.0 Å². The van der Waals surface area contributed by atoms with Gasteiger partial charge < -0.3 is 9.80 Å². The lowest BCUT2D eigenvalue weighted by atomic mass is 10.2. The van der Waals surface area contributed by atoms with Crippen molar-refractivity contribution in [2.75, 3.05) is 44.2 Å². The number of carbonyl (C=O) groups is 2. The summed E-state index contributed by atoms with van der Waals surface area (Å²) >= 11 is 3.41. The molecule has 1 N–H and O–H groups in total. The highest BCUT2D eigenvalue weighted by atomic mass is 79.9. The van der Waals surface area contributed by atoms with Gasteiger partial charge >= 0.3 is 0 Å². The maximum atomic E-state index is 12.7. The lowest BCUT2D eigenvalue weighted by Crippen LogP contribution is -2.51. The van der Waals surface area contributed by atoms with Gasteiger partial charge in [-0.25, -0.2) is 0 Å². The molecular weight excluding hydrogens is 410 g/mol. The molecule has 2 aliphatic heterocycles. The monoisotopic (exact) mass is 431 g/mol. The Bertz CT molecular complexity index is 873. The van der Waals surface area contributed by atoms with Crippen LogP contribution in [-0.4, -0.2) is 71.1 Å². The minimum atomic E-state index is -0.0781. The first-order chi connectivity index (χ1) is 13.0. The van der Waals surface area contributed by atoms with Crippen molar-refractivity contribution in [1.82, 2.24) is 20.0 Å². The van der Waals surface area contributed by atoms with Crippen molar-refractivity contribution in [2.45, 2.75) is 13.3 Å². The predicted molar refractivity (Wildman–Crippen MR) is 106 cm³/mol. The second-order valence-corrected chi connectivity index (χ2v) is 7.80. The summed E-state index contributed by atoms with van der Waals surface area (Å²) in [4.78, 5) is 31.2. The Kier molecular flexibility index (Phi) is 5.01. The Labute approximate surface area is 166 Å². The van der Waals surface area contributed by atoms with Gasteiger partial charge in [0.25, 0.3) is 5.91 Å². The normalized spacial score (nSPS) is 17.3. The summed E-state index contributed by atoms with van der Waals surface area (Å²) in [6.45, 7) is 5.59. The van der Waals surface area contributed by atoms with Gasteiger partial charge in [-0.3, -0.25) is 19.6 Å². The smallest absolute Gasteiger partial charge is 0.275 e. The van der Waals surface area contributed by atoms with Crippen LogP contribution in [0, 0.1) is 6.92 Å². The number of nitrogens with one attached hydrogen (secondary N) is 1. The Morgan fingerprint density at radius 3 is 2.59 bits per heavy atom. The standard InChI is InChI=1S/C19H22BrN5O2/c1-13-17(20)18(22-21-13)19(27)24-10-8-23(9-11-24)12-16(26)25-7-6-14-4-2-3-5-15(14)25/h2-5H,6-12H2,1H3,(H,21,22). The molecule has 0 unspecified atom stereocenters. The zero-order valence-corrected chi connectivity index (χ0v) is 16.8. The van der Waals surface area contributed by atoms with Gasteiger partial charge in [-0.2, -0.15) is 5.10 Å². The van der Waals surface area contributed by atoms with Crippen LogP contribution in [0.2, 0.25) is 0 Å². The summed E-state index contributed by atoms with van der Waals surface area (Å²) in [5, 5.41) is 6.92. The van der Waals surface area contributed by atoms with Gasteiger partial charge in [0.05, 0.1) is 11.0 Å². The van der Waals surface area contributed by atoms with Crippen molar-refractivity contribution in [3.8, 4) is 0 Å². The van der Waals surface area contributed by atoms with Gasteiger partial charge in [0.2, 0.25) is 5.91 Å². The third-order valence-electron chi connectivity index (χ3n) is 5.28. The summed E-state index contributed by atoms with van der Waals surface area (Å²) in [7, 11) is 0. The van der Waals surface area contributed by atoms with Crippen molar-refractivity contribution >= 4 is 33.4 Å². The molecule has 1 aromatic heterocycles. The molecule has 2 aromatic rings. The fourth-order valence-electron chi connectivity index (χ4n) is 3.69. The van der Waals surface area contributed by atoms with Crippen molar-refractivity contribution < 1.29 is 9.59 Å². The molecule has 2 amide bonds. The second kappa shape index (κ2) is 7.44. The van der Waals surface area contributed by atoms with Crippen LogP contribution in [0.5, 0.6) is 0 Å². The van der Waals surface area contributed by atoms with Crippen LogP contribution in [0.4, 0.5) is 5.69 Å². The SMILES string of the molecule is Cc1[nH]nc(C(=O)N2CCN(CC(=O)N3CCc4ccccc43)CC2)c1Br. The van der Waals surface area contributed by atoms with Crippen LogP contribution < -0.4 is 4.90 Å². The van der Waals surface area contributed by atoms with Gasteiger partial charge in [-0.1, -0.05) is 18.2 Å². The van der Waals surface area contributed by atoms with E-state index >= 15 is 0 Å². The molecule has 3 heterocycles. The maximum absolute atomic E-state index is 12.7. The van der Waals surface area contributed by atoms with E-state index in [4.69, 9.17) is 0 Å². The van der Waals surface area contributed by atoms with Crippen molar-refractivity contribution in [1.29, 1.82) is 0 Å². The van der Waals surface area contributed by atoms with E-state index in [2.05, 4.69) is 37.1 Å². The molecule has 1 aromatic carbocycles. The quantitative estimate of drug-likeness (QED) is 0.804. The zero-order valence-electron chi connectivity index (χ0n) is 15.2. The number of benzene rings is 1. The molecule has 4 rings (SSSR count). The highest BCUT2D eigenvalue weighted by molar-refractivity contribution is 9.10. The summed E-state index contributed by atoms with van der Waals surface area (Å²) < 4.78 is 0.720. The van der Waals surface area contributed by atoms with Gasteiger partial charge in [0.1, 0.15) is 0 Å². The average Bonchev–Trinajstić information content (AvgIpc) is 3.26. The molecule has 0 radical (unpaired) electrons. The molecule has 7 nitrogen and oxygen atoms in total. The van der Waals surface area contributed by atoms with Gasteiger partial charge in [-0.15, -0.1) is 0 Å². The summed E-state index contributed by atoms with van der Waals surface area (Å²) in [6, 6.07) is 8.09. The lowest BCUT2D eigenvalue weighted by molar-refractivity contribution is -0.120. The van der Waals surface area contributed by atoms with E-state index < -0.39 is 0 Å². The number of carbonyl (C=O) groups excluding carboxylic acids is 2. The number of para-hydroxylation sites is 1. The van der Waals surface area contributed by atoms with Crippen LogP contribution in [0.3, 0.4) is 0 Å². The first kappa shape index (κ1) is 18.2. The van der Waals surface area contributed by atoms with Crippen LogP contribution in [0.1, 0.15) is 21.7 Å². The maximum Gasteiger partial charge on any atom is 0.275 e. The Balaban J connectivity index is 1.33. The number of aromatic amines is 1. The van der Waals surface area contributed by atoms with Crippen LogP contribution in [-0.2, 0) is 11.2 Å². The number of H-pyrrole nitrogens is 1. The second-order valence-electron chi connectivity index (χ2n) is 7.00. The Hall–Kier alpha value is -2.19. The number of hydrogen-bond acceptors (Lipinski definition) is 4. The molecule has 0 atom stereocenters. The number of fused-ring (bicyclic) bond motifs is 1. The zero-order chi connectivity index (χ0) is 19.0. The van der Waals surface area contributed by atoms with E-state index in [9.17, 15) is 9.59 Å². The minimum absolute atomic E-state index is 0.0781. The highest BCUT2D eigenvalue weighted by Crippen LogP contribution is 2.27. The minimum Gasteiger partial charge on any atom is -0.335 e. The summed E-state index contributed by atoms with van der Waals surface area (Å²) in [5.41, 5.74) is 3.54. The summed E-state index contributed by atoms with van der Waals surface area (Å²) in [5.74, 6) is 0.0519. The number of amides is 2. The number of rotatable bonds is 3. The van der Waals surface area contributed by atoms with Crippen molar-refractivity contribution in [3.05, 3.63) is 45.7 Å². The number of nitrogens with zero attached hydrogens (tertiary/aromatic N) is 4. The number of hydrogen-bond donors (Lipinski definition) is 1. The Morgan fingerprint density at radius 2 is 1.89 bits per heavy atom. The highest BCUT2D eigenvalue weighted by Gasteiger charge is 2.29. The third kappa shape index (κ3) is 3.51. The predicted octanol–water partition coefficient (Wildman–Crippen LogP) is 1.83. The number of aryl methyl sites for hydroxylation is 1. The van der Waals surface area contributed by atoms with E-state index in [0.29, 0.717) is 38.4 Å². The number of aromatic nitrogens is 2. The number of piperazine rings is 1. The average molecular weight is 432 g/mol. The molecule has 142 valence electrons. The first-order valence-electron chi connectivity index (χ1n) is 9.15. The van der Waals surface area contributed by atoms with Gasteiger partial charge in [0, 0.05) is 44.1 Å². The molecule has 0 spiro atoms. The van der Waals surface area contributed by atoms with Crippen molar-refractivity contribution in [3.63, 3.8) is 0 Å². The van der Waals surface area contributed by atoms with Crippen LogP contribution in [0.25, 0.3) is 0 Å². The molecule has 0 bridgehead atoms. The largest absolute Gasteiger partial charge is 0.335 e. The van der Waals surface area contributed by atoms with Crippen molar-refractivity contribution in [2.24, 2.45) is 0 Å². The van der Waals surface area contributed by atoms with E-state index in [1.54, 1.807) is 4.90 Å². The topological polar surface area (TPSA) is 72.5 Å². The van der Waals surface area contributed by atoms with Crippen LogP contribution in [0.15, 0.2) is 28.7 Å². The molecule has 1 saturated heterocycles. The van der Waals surface area contributed by atoms with Crippen LogP contribution >= 0.6 is 15.9 Å². The van der Waals surface area contributed by atoms with Gasteiger partial charge in [-0.05, 0) is 40.9 Å². The molecule has 0 aliphatic carbocycles. The van der Waals surface area contributed by atoms with Gasteiger partial charge in [0.15, 0.2) is 5.69 Å². The molecule has 2 aliphatic rings. The molecule has 27 heavy (non-hydrogen) atoms. The third-order valence-corrected chi connectivity index (χ3v) is 6.25. The number of halogens is 1. The molecule has 0 saturated carbocycles. The lowest BCUT2D eigenvalue weighted by Gasteiger charge is -2.34. The molecule has 1 fully saturated rings. The fraction of sp³-hybridized carbons (Fsp3) is 0.421. The Morgan fingerprint density at radius 1 is 1.15 bits per heavy atom.